The van der Waals surface area contributed by atoms with Crippen LogP contribution in [-0.4, -0.2) is 11.4 Å². The average Bonchev–Trinajstić information content (AvgIpc) is 3.15. The largest absolute Gasteiger partial charge is 0.247 e. The van der Waals surface area contributed by atoms with Gasteiger partial charge in [-0.2, -0.15) is 0 Å². The smallest absolute Gasteiger partial charge is 0.0803 e. The molecule has 0 amide bonds. The van der Waals surface area contributed by atoms with Gasteiger partial charge in [0.2, 0.25) is 0 Å². The van der Waals surface area contributed by atoms with E-state index in [1.807, 2.05) is 0 Å². The van der Waals surface area contributed by atoms with E-state index in [0.29, 0.717) is 0 Å². The molecule has 9 rings (SSSR count). The molecule has 0 fully saturated rings. The summed E-state index contributed by atoms with van der Waals surface area (Å²) < 4.78 is 0. The highest BCUT2D eigenvalue weighted by molar-refractivity contribution is 6.23. The van der Waals surface area contributed by atoms with Crippen LogP contribution in [0.1, 0.15) is 22.3 Å². The summed E-state index contributed by atoms with van der Waals surface area (Å²) >= 11 is 0. The molecule has 1 aliphatic heterocycles. The van der Waals surface area contributed by atoms with Crippen molar-refractivity contribution in [3.05, 3.63) is 204 Å². The predicted molar refractivity (Wildman–Crippen MR) is 202 cm³/mol. The maximum absolute atomic E-state index is 5.42. The van der Waals surface area contributed by atoms with Crippen molar-refractivity contribution in [2.45, 2.75) is 0 Å². The number of rotatable bonds is 4. The lowest BCUT2D eigenvalue weighted by molar-refractivity contribution is 1.39. The molecule has 0 radical (unpaired) electrons. The fourth-order valence-corrected chi connectivity index (χ4v) is 6.77. The molecule has 0 spiro atoms. The third-order valence-corrected chi connectivity index (χ3v) is 9.22. The van der Waals surface area contributed by atoms with Crippen molar-refractivity contribution in [2.24, 2.45) is 9.98 Å². The summed E-state index contributed by atoms with van der Waals surface area (Å²) in [6.45, 7) is 0. The summed E-state index contributed by atoms with van der Waals surface area (Å²) in [5, 5.41) is 4.94. The Morgan fingerprint density at radius 2 is 0.625 bits per heavy atom. The van der Waals surface area contributed by atoms with Gasteiger partial charge in [-0.3, -0.25) is 0 Å². The summed E-state index contributed by atoms with van der Waals surface area (Å²) in [4.78, 5) is 10.8. The summed E-state index contributed by atoms with van der Waals surface area (Å²) in [6, 6.07) is 64.5. The SMILES string of the molecule is c1cc(C2=Nc3ccccc3C(c3cccc(-c4ccc5ccccc5c4)c3)=Nc3ccccc32)cc(-c2ccc3ccccc3c2)c1. The molecule has 0 aliphatic carbocycles. The fraction of sp³-hybridized carbons (Fsp3) is 0. The van der Waals surface area contributed by atoms with E-state index in [2.05, 4.69) is 182 Å². The molecular formula is C46H30N2. The monoisotopic (exact) mass is 610 g/mol. The van der Waals surface area contributed by atoms with Crippen molar-refractivity contribution in [3.63, 3.8) is 0 Å². The number of benzene rings is 8. The van der Waals surface area contributed by atoms with Crippen molar-refractivity contribution in [2.75, 3.05) is 0 Å². The molecule has 8 aromatic rings. The second kappa shape index (κ2) is 11.8. The van der Waals surface area contributed by atoms with Gasteiger partial charge in [0.25, 0.3) is 0 Å². The van der Waals surface area contributed by atoms with Crippen LogP contribution in [0.25, 0.3) is 43.8 Å². The van der Waals surface area contributed by atoms with E-state index in [1.54, 1.807) is 0 Å². The molecule has 0 unspecified atom stereocenters. The molecular weight excluding hydrogens is 581 g/mol. The number of hydrogen-bond donors (Lipinski definition) is 0. The first kappa shape index (κ1) is 27.9. The Balaban J connectivity index is 1.17. The van der Waals surface area contributed by atoms with Gasteiger partial charge in [0.05, 0.1) is 22.8 Å². The van der Waals surface area contributed by atoms with Crippen LogP contribution in [0, 0.1) is 0 Å². The first-order chi connectivity index (χ1) is 23.8. The van der Waals surface area contributed by atoms with E-state index in [-0.39, 0.29) is 0 Å². The summed E-state index contributed by atoms with van der Waals surface area (Å²) in [5.74, 6) is 0. The van der Waals surface area contributed by atoms with Crippen LogP contribution >= 0.6 is 0 Å². The van der Waals surface area contributed by atoms with Crippen LogP contribution in [0.5, 0.6) is 0 Å². The Hall–Kier alpha value is -6.38. The Morgan fingerprint density at radius 1 is 0.250 bits per heavy atom. The molecule has 0 bridgehead atoms. The molecule has 224 valence electrons. The van der Waals surface area contributed by atoms with Gasteiger partial charge >= 0.3 is 0 Å². The number of para-hydroxylation sites is 2. The van der Waals surface area contributed by atoms with Crippen LogP contribution in [0.15, 0.2) is 192 Å². The molecule has 1 aliphatic rings. The van der Waals surface area contributed by atoms with E-state index in [9.17, 15) is 0 Å². The standard InChI is InChI=1S/C46H30N2/c1-3-13-33-27-37(25-23-31(33)11-1)35-15-9-17-39(29-35)45-41-19-5-7-21-43(41)48-46(42-20-6-8-22-44(42)47-45)40-18-10-16-36(30-40)38-26-24-32-12-2-4-14-34(32)28-38/h1-30H. The van der Waals surface area contributed by atoms with Crippen LogP contribution in [0.4, 0.5) is 11.4 Å². The zero-order valence-corrected chi connectivity index (χ0v) is 26.2. The first-order valence-electron chi connectivity index (χ1n) is 16.3. The second-order valence-corrected chi connectivity index (χ2v) is 12.2. The summed E-state index contributed by atoms with van der Waals surface area (Å²) in [6.07, 6.45) is 0. The maximum Gasteiger partial charge on any atom is 0.0803 e. The van der Waals surface area contributed by atoms with E-state index < -0.39 is 0 Å². The molecule has 8 aromatic carbocycles. The quantitative estimate of drug-likeness (QED) is 0.189. The fourth-order valence-electron chi connectivity index (χ4n) is 6.77. The minimum absolute atomic E-state index is 0.896. The highest BCUT2D eigenvalue weighted by Gasteiger charge is 2.20. The number of hydrogen-bond acceptors (Lipinski definition) is 2. The molecule has 0 aromatic heterocycles. The first-order valence-corrected chi connectivity index (χ1v) is 16.3. The zero-order valence-electron chi connectivity index (χ0n) is 26.2. The van der Waals surface area contributed by atoms with Gasteiger partial charge in [0.15, 0.2) is 0 Å². The van der Waals surface area contributed by atoms with Crippen LogP contribution in [-0.2, 0) is 0 Å². The van der Waals surface area contributed by atoms with Crippen molar-refractivity contribution in [1.29, 1.82) is 0 Å². The summed E-state index contributed by atoms with van der Waals surface area (Å²) in [7, 11) is 0. The minimum atomic E-state index is 0.896. The Morgan fingerprint density at radius 3 is 1.10 bits per heavy atom. The predicted octanol–water partition coefficient (Wildman–Crippen LogP) is 12.0. The van der Waals surface area contributed by atoms with Crippen LogP contribution in [0.2, 0.25) is 0 Å². The topological polar surface area (TPSA) is 24.7 Å². The lowest BCUT2D eigenvalue weighted by Gasteiger charge is -2.19. The third kappa shape index (κ3) is 5.10. The van der Waals surface area contributed by atoms with Crippen molar-refractivity contribution in [3.8, 4) is 22.3 Å². The van der Waals surface area contributed by atoms with E-state index in [0.717, 1.165) is 56.2 Å². The Kier molecular flexibility index (Phi) is 6.84. The normalized spacial score (nSPS) is 12.4. The van der Waals surface area contributed by atoms with Crippen LogP contribution in [0.3, 0.4) is 0 Å². The molecule has 0 N–H and O–H groups in total. The number of nitrogens with zero attached hydrogens (tertiary/aromatic N) is 2. The van der Waals surface area contributed by atoms with Crippen molar-refractivity contribution in [1.82, 2.24) is 0 Å². The Bertz CT molecular complexity index is 2390. The van der Waals surface area contributed by atoms with Crippen molar-refractivity contribution >= 4 is 44.3 Å². The Labute approximate surface area is 280 Å². The lowest BCUT2D eigenvalue weighted by Crippen LogP contribution is -2.10. The van der Waals surface area contributed by atoms with E-state index >= 15 is 0 Å². The molecule has 2 heteroatoms. The minimum Gasteiger partial charge on any atom is -0.247 e. The second-order valence-electron chi connectivity index (χ2n) is 12.2. The highest BCUT2D eigenvalue weighted by Crippen LogP contribution is 2.35. The average molecular weight is 611 g/mol. The van der Waals surface area contributed by atoms with Crippen LogP contribution < -0.4 is 0 Å². The van der Waals surface area contributed by atoms with Gasteiger partial charge in [0, 0.05) is 22.3 Å². The highest BCUT2D eigenvalue weighted by atomic mass is 14.8. The summed E-state index contributed by atoms with van der Waals surface area (Å²) in [5.41, 5.74) is 12.4. The molecule has 48 heavy (non-hydrogen) atoms. The van der Waals surface area contributed by atoms with Gasteiger partial charge < -0.3 is 0 Å². The van der Waals surface area contributed by atoms with Gasteiger partial charge in [-0.25, -0.2) is 9.98 Å². The van der Waals surface area contributed by atoms with Gasteiger partial charge in [-0.1, -0.05) is 146 Å². The molecule has 0 saturated carbocycles. The van der Waals surface area contributed by atoms with Gasteiger partial charge in [-0.05, 0) is 80.2 Å². The molecule has 1 heterocycles. The molecule has 0 atom stereocenters. The number of aliphatic imine (C=N–C) groups is 2. The van der Waals surface area contributed by atoms with E-state index in [4.69, 9.17) is 9.98 Å². The lowest BCUT2D eigenvalue weighted by atomic mass is 9.93. The van der Waals surface area contributed by atoms with Crippen molar-refractivity contribution < 1.29 is 0 Å². The number of fused-ring (bicyclic) bond motifs is 4. The van der Waals surface area contributed by atoms with Gasteiger partial charge in [-0.15, -0.1) is 0 Å². The van der Waals surface area contributed by atoms with Gasteiger partial charge in [0.1, 0.15) is 0 Å². The molecule has 2 nitrogen and oxygen atoms in total. The molecule has 0 saturated heterocycles. The maximum atomic E-state index is 5.42. The van der Waals surface area contributed by atoms with E-state index in [1.165, 1.54) is 32.7 Å². The third-order valence-electron chi connectivity index (χ3n) is 9.22. The zero-order chi connectivity index (χ0) is 31.9.